The third-order valence-corrected chi connectivity index (χ3v) is 3.75. The van der Waals surface area contributed by atoms with Crippen LogP contribution < -0.4 is 10.6 Å². The zero-order chi connectivity index (χ0) is 14.4. The summed E-state index contributed by atoms with van der Waals surface area (Å²) >= 11 is 0. The van der Waals surface area contributed by atoms with E-state index in [1.165, 1.54) is 33.0 Å². The van der Waals surface area contributed by atoms with Gasteiger partial charge in [-0.15, -0.1) is 0 Å². The van der Waals surface area contributed by atoms with Crippen molar-refractivity contribution in [1.82, 2.24) is 4.90 Å². The van der Waals surface area contributed by atoms with Gasteiger partial charge in [-0.3, -0.25) is 5.32 Å². The molecule has 1 aromatic rings. The Morgan fingerprint density at radius 3 is 2.45 bits per heavy atom. The lowest BCUT2D eigenvalue weighted by atomic mass is 9.97. The summed E-state index contributed by atoms with van der Waals surface area (Å²) in [5.41, 5.74) is 1.82. The van der Waals surface area contributed by atoms with Crippen molar-refractivity contribution >= 4 is 17.5 Å². The minimum Gasteiger partial charge on any atom is -0.453 e. The van der Waals surface area contributed by atoms with Gasteiger partial charge in [-0.1, -0.05) is 0 Å². The number of likely N-dealkylation sites (tertiary alicyclic amines) is 1. The molecule has 0 aromatic heterocycles. The summed E-state index contributed by atoms with van der Waals surface area (Å²) in [6.45, 7) is 3.39. The third kappa shape index (κ3) is 4.42. The monoisotopic (exact) mass is 277 g/mol. The minimum atomic E-state index is -0.447. The van der Waals surface area contributed by atoms with Crippen molar-refractivity contribution in [2.45, 2.75) is 12.8 Å². The highest BCUT2D eigenvalue weighted by Gasteiger charge is 2.16. The Labute approximate surface area is 120 Å². The Balaban J connectivity index is 1.77. The lowest BCUT2D eigenvalue weighted by Gasteiger charge is -2.29. The van der Waals surface area contributed by atoms with Gasteiger partial charge in [0, 0.05) is 17.9 Å². The number of ether oxygens (including phenoxy) is 1. The van der Waals surface area contributed by atoms with Crippen LogP contribution in [0.3, 0.4) is 0 Å². The molecule has 2 rings (SSSR count). The summed E-state index contributed by atoms with van der Waals surface area (Å²) in [4.78, 5) is 13.5. The van der Waals surface area contributed by atoms with E-state index in [1.54, 1.807) is 0 Å². The fourth-order valence-corrected chi connectivity index (χ4v) is 2.37. The van der Waals surface area contributed by atoms with Crippen LogP contribution in [0, 0.1) is 5.92 Å². The Hall–Kier alpha value is -1.75. The number of piperidine rings is 1. The summed E-state index contributed by atoms with van der Waals surface area (Å²) in [5.74, 6) is 0.749. The van der Waals surface area contributed by atoms with Crippen molar-refractivity contribution in [1.29, 1.82) is 0 Å². The summed E-state index contributed by atoms with van der Waals surface area (Å²) in [6.07, 6.45) is 2.06. The second-order valence-corrected chi connectivity index (χ2v) is 5.32. The largest absolute Gasteiger partial charge is 0.453 e. The molecule has 5 heteroatoms. The number of carbonyl (C=O) groups excluding carboxylic acids is 1. The predicted octanol–water partition coefficient (Wildman–Crippen LogP) is 2.62. The second-order valence-electron chi connectivity index (χ2n) is 5.32. The lowest BCUT2D eigenvalue weighted by molar-refractivity contribution is 0.187. The van der Waals surface area contributed by atoms with E-state index in [-0.39, 0.29) is 0 Å². The maximum absolute atomic E-state index is 11.1. The Morgan fingerprint density at radius 1 is 1.25 bits per heavy atom. The normalized spacial score (nSPS) is 16.7. The van der Waals surface area contributed by atoms with Crippen molar-refractivity contribution in [2.24, 2.45) is 5.92 Å². The average Bonchev–Trinajstić information content (AvgIpc) is 2.48. The molecule has 0 aliphatic carbocycles. The predicted molar refractivity (Wildman–Crippen MR) is 81.2 cm³/mol. The van der Waals surface area contributed by atoms with Gasteiger partial charge >= 0.3 is 6.09 Å². The Kier molecular flexibility index (Phi) is 5.24. The maximum Gasteiger partial charge on any atom is 0.411 e. The fourth-order valence-electron chi connectivity index (χ4n) is 2.37. The van der Waals surface area contributed by atoms with E-state index in [9.17, 15) is 4.79 Å². The van der Waals surface area contributed by atoms with Gasteiger partial charge in [-0.2, -0.15) is 0 Å². The average molecular weight is 277 g/mol. The number of amides is 1. The maximum atomic E-state index is 11.1. The van der Waals surface area contributed by atoms with Gasteiger partial charge in [-0.25, -0.2) is 4.79 Å². The molecule has 1 aromatic carbocycles. The number of anilines is 2. The number of rotatable bonds is 4. The van der Waals surface area contributed by atoms with E-state index < -0.39 is 6.09 Å². The van der Waals surface area contributed by atoms with E-state index in [4.69, 9.17) is 0 Å². The van der Waals surface area contributed by atoms with Gasteiger partial charge in [0.2, 0.25) is 0 Å². The van der Waals surface area contributed by atoms with Gasteiger partial charge in [0.05, 0.1) is 7.11 Å². The third-order valence-electron chi connectivity index (χ3n) is 3.75. The molecule has 1 heterocycles. The molecule has 110 valence electrons. The van der Waals surface area contributed by atoms with Crippen molar-refractivity contribution in [3.05, 3.63) is 24.3 Å². The number of hydrogen-bond donors (Lipinski definition) is 2. The van der Waals surface area contributed by atoms with Crippen molar-refractivity contribution in [3.63, 3.8) is 0 Å². The minimum absolute atomic E-state index is 0.447. The van der Waals surface area contributed by atoms with Crippen molar-refractivity contribution in [2.75, 3.05) is 44.4 Å². The molecule has 20 heavy (non-hydrogen) atoms. The topological polar surface area (TPSA) is 53.6 Å². The SMILES string of the molecule is COC(=O)Nc1ccc(NCC2CCN(C)CC2)cc1. The number of nitrogens with one attached hydrogen (secondary N) is 2. The van der Waals surface area contributed by atoms with Crippen LogP contribution in [-0.4, -0.2) is 44.8 Å². The zero-order valence-electron chi connectivity index (χ0n) is 12.2. The quantitative estimate of drug-likeness (QED) is 0.888. The van der Waals surface area contributed by atoms with Gasteiger partial charge in [0.15, 0.2) is 0 Å². The molecule has 2 N–H and O–H groups in total. The van der Waals surface area contributed by atoms with Crippen molar-refractivity contribution < 1.29 is 9.53 Å². The first-order valence-electron chi connectivity index (χ1n) is 7.05. The van der Waals surface area contributed by atoms with E-state index in [2.05, 4.69) is 27.3 Å². The molecular formula is C15H23N3O2. The summed E-state index contributed by atoms with van der Waals surface area (Å²) in [7, 11) is 3.53. The van der Waals surface area contributed by atoms with Gasteiger partial charge in [-0.05, 0) is 63.2 Å². The number of carbonyl (C=O) groups is 1. The van der Waals surface area contributed by atoms with Crippen LogP contribution in [0.4, 0.5) is 16.2 Å². The second kappa shape index (κ2) is 7.14. The first-order valence-corrected chi connectivity index (χ1v) is 7.05. The summed E-state index contributed by atoms with van der Waals surface area (Å²) in [6, 6.07) is 7.68. The molecule has 0 spiro atoms. The van der Waals surface area contributed by atoms with Crippen LogP contribution in [0.1, 0.15) is 12.8 Å². The first kappa shape index (κ1) is 14.7. The molecule has 0 saturated carbocycles. The van der Waals surface area contributed by atoms with Gasteiger partial charge in [0.1, 0.15) is 0 Å². The Morgan fingerprint density at radius 2 is 1.85 bits per heavy atom. The molecule has 0 radical (unpaired) electrons. The van der Waals surface area contributed by atoms with Crippen LogP contribution in [0.15, 0.2) is 24.3 Å². The molecule has 1 fully saturated rings. The fraction of sp³-hybridized carbons (Fsp3) is 0.533. The van der Waals surface area contributed by atoms with E-state index >= 15 is 0 Å². The van der Waals surface area contributed by atoms with Crippen LogP contribution in [0.2, 0.25) is 0 Å². The van der Waals surface area contributed by atoms with E-state index in [0.29, 0.717) is 0 Å². The number of benzene rings is 1. The van der Waals surface area contributed by atoms with Crippen LogP contribution in [0.5, 0.6) is 0 Å². The zero-order valence-corrected chi connectivity index (χ0v) is 12.2. The standard InChI is InChI=1S/C15H23N3O2/c1-18-9-7-12(8-10-18)11-16-13-3-5-14(6-4-13)17-15(19)20-2/h3-6,12,16H,7-11H2,1-2H3,(H,17,19). The number of methoxy groups -OCH3 is 1. The molecule has 1 aliphatic heterocycles. The smallest absolute Gasteiger partial charge is 0.411 e. The number of hydrogen-bond acceptors (Lipinski definition) is 4. The molecule has 0 unspecified atom stereocenters. The van der Waals surface area contributed by atoms with E-state index in [1.807, 2.05) is 24.3 Å². The lowest BCUT2D eigenvalue weighted by Crippen LogP contribution is -2.32. The van der Waals surface area contributed by atoms with Gasteiger partial charge in [0.25, 0.3) is 0 Å². The summed E-state index contributed by atoms with van der Waals surface area (Å²) < 4.78 is 4.55. The van der Waals surface area contributed by atoms with Crippen LogP contribution in [0.25, 0.3) is 0 Å². The number of nitrogens with zero attached hydrogens (tertiary/aromatic N) is 1. The first-order chi connectivity index (χ1) is 9.67. The highest BCUT2D eigenvalue weighted by Crippen LogP contribution is 2.18. The van der Waals surface area contributed by atoms with Crippen LogP contribution in [-0.2, 0) is 4.74 Å². The van der Waals surface area contributed by atoms with Crippen LogP contribution >= 0.6 is 0 Å². The molecule has 1 saturated heterocycles. The summed E-state index contributed by atoms with van der Waals surface area (Å²) in [5, 5.41) is 6.10. The highest BCUT2D eigenvalue weighted by molar-refractivity contribution is 5.84. The molecule has 1 amide bonds. The van der Waals surface area contributed by atoms with Crippen molar-refractivity contribution in [3.8, 4) is 0 Å². The molecule has 1 aliphatic rings. The molecule has 0 atom stereocenters. The highest BCUT2D eigenvalue weighted by atomic mass is 16.5. The molecular weight excluding hydrogens is 254 g/mol. The van der Waals surface area contributed by atoms with E-state index in [0.717, 1.165) is 23.8 Å². The molecule has 5 nitrogen and oxygen atoms in total. The molecule has 0 bridgehead atoms. The Bertz CT molecular complexity index is 425. The van der Waals surface area contributed by atoms with Gasteiger partial charge < -0.3 is 15.0 Å².